The van der Waals surface area contributed by atoms with Crippen LogP contribution in [0.15, 0.2) is 24.3 Å². The third-order valence-electron chi connectivity index (χ3n) is 3.64. The lowest BCUT2D eigenvalue weighted by Gasteiger charge is -2.14. The summed E-state index contributed by atoms with van der Waals surface area (Å²) in [5.74, 6) is 1.69. The van der Waals surface area contributed by atoms with Crippen LogP contribution in [0.3, 0.4) is 0 Å². The van der Waals surface area contributed by atoms with E-state index in [4.69, 9.17) is 4.74 Å². The van der Waals surface area contributed by atoms with Gasteiger partial charge in [0.25, 0.3) is 0 Å². The first-order chi connectivity index (χ1) is 9.21. The van der Waals surface area contributed by atoms with Gasteiger partial charge in [-0.05, 0) is 12.0 Å². The SMILES string of the molecule is CCCCC(CC)CC(=O)Cc1ccccc1OC. The maximum absolute atomic E-state index is 12.2. The van der Waals surface area contributed by atoms with E-state index >= 15 is 0 Å². The standard InChI is InChI=1S/C17H26O2/c1-4-6-9-14(5-2)12-16(18)13-15-10-7-8-11-17(15)19-3/h7-8,10-11,14H,4-6,9,12-13H2,1-3H3. The van der Waals surface area contributed by atoms with Gasteiger partial charge in [0.1, 0.15) is 11.5 Å². The van der Waals surface area contributed by atoms with Crippen molar-refractivity contribution in [3.05, 3.63) is 29.8 Å². The molecule has 0 saturated carbocycles. The molecule has 19 heavy (non-hydrogen) atoms. The summed E-state index contributed by atoms with van der Waals surface area (Å²) in [4.78, 5) is 12.2. The molecule has 0 saturated heterocycles. The van der Waals surface area contributed by atoms with Crippen LogP contribution in [0.4, 0.5) is 0 Å². The fourth-order valence-electron chi connectivity index (χ4n) is 2.40. The van der Waals surface area contributed by atoms with Crippen molar-refractivity contribution in [3.63, 3.8) is 0 Å². The third-order valence-corrected chi connectivity index (χ3v) is 3.64. The highest BCUT2D eigenvalue weighted by molar-refractivity contribution is 5.81. The van der Waals surface area contributed by atoms with Gasteiger partial charge < -0.3 is 4.74 Å². The van der Waals surface area contributed by atoms with Crippen LogP contribution in [0.2, 0.25) is 0 Å². The molecule has 0 aliphatic heterocycles. The molecule has 0 fully saturated rings. The van der Waals surface area contributed by atoms with Crippen molar-refractivity contribution in [3.8, 4) is 5.75 Å². The van der Waals surface area contributed by atoms with Crippen LogP contribution in [0.5, 0.6) is 5.75 Å². The average Bonchev–Trinajstić information content (AvgIpc) is 2.44. The summed E-state index contributed by atoms with van der Waals surface area (Å²) in [6.07, 6.45) is 5.89. The molecule has 0 radical (unpaired) electrons. The molecule has 1 aromatic rings. The van der Waals surface area contributed by atoms with Gasteiger partial charge in [-0.3, -0.25) is 4.79 Å². The number of hydrogen-bond donors (Lipinski definition) is 0. The summed E-state index contributed by atoms with van der Waals surface area (Å²) >= 11 is 0. The Morgan fingerprint density at radius 3 is 2.63 bits per heavy atom. The molecule has 106 valence electrons. The zero-order valence-electron chi connectivity index (χ0n) is 12.4. The first-order valence-corrected chi connectivity index (χ1v) is 7.34. The normalized spacial score (nSPS) is 12.2. The maximum Gasteiger partial charge on any atom is 0.137 e. The fourth-order valence-corrected chi connectivity index (χ4v) is 2.40. The number of carbonyl (C=O) groups excluding carboxylic acids is 1. The van der Waals surface area contributed by atoms with Crippen molar-refractivity contribution in [2.24, 2.45) is 5.92 Å². The molecule has 1 unspecified atom stereocenters. The van der Waals surface area contributed by atoms with Gasteiger partial charge in [-0.1, -0.05) is 57.7 Å². The largest absolute Gasteiger partial charge is 0.496 e. The number of rotatable bonds is 9. The first kappa shape index (κ1) is 15.7. The van der Waals surface area contributed by atoms with Crippen LogP contribution in [-0.2, 0) is 11.2 Å². The number of methoxy groups -OCH3 is 1. The molecule has 0 aromatic heterocycles. The second-order valence-electron chi connectivity index (χ2n) is 5.15. The summed E-state index contributed by atoms with van der Waals surface area (Å²) in [7, 11) is 1.65. The lowest BCUT2D eigenvalue weighted by molar-refractivity contribution is -0.119. The smallest absolute Gasteiger partial charge is 0.137 e. The highest BCUT2D eigenvalue weighted by Crippen LogP contribution is 2.21. The average molecular weight is 262 g/mol. The Morgan fingerprint density at radius 1 is 1.26 bits per heavy atom. The Hall–Kier alpha value is -1.31. The summed E-state index contributed by atoms with van der Waals surface area (Å²) in [5.41, 5.74) is 1.00. The van der Waals surface area contributed by atoms with Crippen molar-refractivity contribution in [2.45, 2.75) is 52.4 Å². The highest BCUT2D eigenvalue weighted by Gasteiger charge is 2.14. The first-order valence-electron chi connectivity index (χ1n) is 7.34. The number of para-hydroxylation sites is 1. The molecule has 0 spiro atoms. The molecule has 1 aromatic carbocycles. The van der Waals surface area contributed by atoms with Gasteiger partial charge >= 0.3 is 0 Å². The molecular formula is C17H26O2. The Morgan fingerprint density at radius 2 is 2.00 bits per heavy atom. The summed E-state index contributed by atoms with van der Waals surface area (Å²) < 4.78 is 5.29. The summed E-state index contributed by atoms with van der Waals surface area (Å²) in [6, 6.07) is 7.78. The summed E-state index contributed by atoms with van der Waals surface area (Å²) in [5, 5.41) is 0. The molecular weight excluding hydrogens is 236 g/mol. The second-order valence-corrected chi connectivity index (χ2v) is 5.15. The molecule has 0 amide bonds. The predicted molar refractivity (Wildman–Crippen MR) is 79.6 cm³/mol. The molecule has 1 rings (SSSR count). The number of hydrogen-bond acceptors (Lipinski definition) is 2. The van der Waals surface area contributed by atoms with Crippen molar-refractivity contribution >= 4 is 5.78 Å². The van der Waals surface area contributed by atoms with E-state index in [-0.39, 0.29) is 0 Å². The summed E-state index contributed by atoms with van der Waals surface area (Å²) in [6.45, 7) is 4.38. The lowest BCUT2D eigenvalue weighted by atomic mass is 9.92. The monoisotopic (exact) mass is 262 g/mol. The minimum atomic E-state index is 0.326. The van der Waals surface area contributed by atoms with E-state index in [1.807, 2.05) is 24.3 Å². The van der Waals surface area contributed by atoms with Crippen LogP contribution in [-0.4, -0.2) is 12.9 Å². The molecule has 0 aliphatic rings. The van der Waals surface area contributed by atoms with E-state index in [1.54, 1.807) is 7.11 Å². The van der Waals surface area contributed by atoms with Gasteiger partial charge in [0, 0.05) is 18.4 Å². The Labute approximate surface area is 117 Å². The lowest BCUT2D eigenvalue weighted by Crippen LogP contribution is -2.11. The van der Waals surface area contributed by atoms with Crippen molar-refractivity contribution < 1.29 is 9.53 Å². The Kier molecular flexibility index (Phi) is 7.24. The van der Waals surface area contributed by atoms with E-state index < -0.39 is 0 Å². The van der Waals surface area contributed by atoms with E-state index in [1.165, 1.54) is 19.3 Å². The van der Waals surface area contributed by atoms with Crippen LogP contribution in [0.1, 0.15) is 51.5 Å². The quantitative estimate of drug-likeness (QED) is 0.658. The molecule has 0 aliphatic carbocycles. The van der Waals surface area contributed by atoms with Crippen LogP contribution < -0.4 is 4.74 Å². The topological polar surface area (TPSA) is 26.3 Å². The van der Waals surface area contributed by atoms with Gasteiger partial charge in [0.05, 0.1) is 7.11 Å². The number of carbonyl (C=O) groups is 1. The molecule has 0 N–H and O–H groups in total. The Balaban J connectivity index is 2.54. The number of ketones is 1. The van der Waals surface area contributed by atoms with Crippen LogP contribution >= 0.6 is 0 Å². The van der Waals surface area contributed by atoms with Crippen LogP contribution in [0.25, 0.3) is 0 Å². The van der Waals surface area contributed by atoms with Gasteiger partial charge in [0.2, 0.25) is 0 Å². The molecule has 0 heterocycles. The van der Waals surface area contributed by atoms with Gasteiger partial charge in [0.15, 0.2) is 0 Å². The van der Waals surface area contributed by atoms with E-state index in [9.17, 15) is 4.79 Å². The molecule has 1 atom stereocenters. The number of benzene rings is 1. The van der Waals surface area contributed by atoms with E-state index in [2.05, 4.69) is 13.8 Å². The number of unbranched alkanes of at least 4 members (excludes halogenated alkanes) is 1. The zero-order chi connectivity index (χ0) is 14.1. The fraction of sp³-hybridized carbons (Fsp3) is 0.588. The van der Waals surface area contributed by atoms with Crippen molar-refractivity contribution in [2.75, 3.05) is 7.11 Å². The van der Waals surface area contributed by atoms with Crippen LogP contribution in [0, 0.1) is 5.92 Å². The second kappa shape index (κ2) is 8.73. The van der Waals surface area contributed by atoms with E-state index in [0.29, 0.717) is 24.5 Å². The molecule has 0 bridgehead atoms. The predicted octanol–water partition coefficient (Wildman–Crippen LogP) is 4.41. The van der Waals surface area contributed by atoms with Gasteiger partial charge in [-0.15, -0.1) is 0 Å². The minimum Gasteiger partial charge on any atom is -0.496 e. The number of Topliss-reactive ketones (excluding diaryl/α,β-unsaturated/α-hetero) is 1. The third kappa shape index (κ3) is 5.46. The molecule has 2 nitrogen and oxygen atoms in total. The van der Waals surface area contributed by atoms with Gasteiger partial charge in [-0.2, -0.15) is 0 Å². The zero-order valence-corrected chi connectivity index (χ0v) is 12.4. The van der Waals surface area contributed by atoms with Crippen molar-refractivity contribution in [1.82, 2.24) is 0 Å². The van der Waals surface area contributed by atoms with Crippen molar-refractivity contribution in [1.29, 1.82) is 0 Å². The number of ether oxygens (including phenoxy) is 1. The molecule has 2 heteroatoms. The minimum absolute atomic E-state index is 0.326. The maximum atomic E-state index is 12.2. The highest BCUT2D eigenvalue weighted by atomic mass is 16.5. The Bertz CT molecular complexity index is 385. The van der Waals surface area contributed by atoms with E-state index in [0.717, 1.165) is 17.7 Å². The van der Waals surface area contributed by atoms with Gasteiger partial charge in [-0.25, -0.2) is 0 Å².